The third-order valence-electron chi connectivity index (χ3n) is 7.08. The molecular weight excluding hydrogens is 666 g/mol. The summed E-state index contributed by atoms with van der Waals surface area (Å²) in [5, 5.41) is 31.5. The highest BCUT2D eigenvalue weighted by Crippen LogP contribution is 2.50. The Morgan fingerprint density at radius 2 is 1.71 bits per heavy atom. The third kappa shape index (κ3) is 5.99. The van der Waals surface area contributed by atoms with Gasteiger partial charge in [-0.2, -0.15) is 4.98 Å². The molecule has 0 aromatic carbocycles. The number of nitrogens with one attached hydrogen (secondary N) is 1. The summed E-state index contributed by atoms with van der Waals surface area (Å²) in [7, 11) is -8.78. The number of H-pyrrole nitrogens is 1. The fourth-order valence-corrected chi connectivity index (χ4v) is 6.79. The number of aromatic nitrogens is 8. The highest BCUT2D eigenvalue weighted by atomic mass is 32.1. The number of ether oxygens (including phenoxy) is 2. The summed E-state index contributed by atoms with van der Waals surface area (Å²) in [6.07, 6.45) is -8.18. The van der Waals surface area contributed by atoms with Crippen LogP contribution in [0, 0.1) is 4.64 Å². The number of rotatable bonds is 10. The summed E-state index contributed by atoms with van der Waals surface area (Å²) >= 11 is 5.20. The van der Waals surface area contributed by atoms with Gasteiger partial charge in [0.1, 0.15) is 58.6 Å². The highest BCUT2D eigenvalue weighted by Gasteiger charge is 2.51. The van der Waals surface area contributed by atoms with Crippen molar-refractivity contribution in [2.24, 2.45) is 0 Å². The largest absolute Gasteiger partial charge is 0.472 e. The normalized spacial score (nSPS) is 30.7. The summed E-state index contributed by atoms with van der Waals surface area (Å²) in [5.41, 5.74) is 12.2. The maximum Gasteiger partial charge on any atom is 0.472 e. The Bertz CT molecular complexity index is 1860. The van der Waals surface area contributed by atoms with Crippen LogP contribution in [0.5, 0.6) is 0 Å². The zero-order valence-corrected chi connectivity index (χ0v) is 25.2. The molecule has 0 bridgehead atoms. The Morgan fingerprint density at radius 1 is 1.02 bits per heavy atom. The quantitative estimate of drug-likeness (QED) is 0.0676. The number of nitrogen functional groups attached to an aromatic ring is 2. The van der Waals surface area contributed by atoms with Gasteiger partial charge in [-0.25, -0.2) is 24.5 Å². The lowest BCUT2D eigenvalue weighted by molar-refractivity contribution is -0.0609. The van der Waals surface area contributed by atoms with E-state index in [1.807, 2.05) is 0 Å². The van der Waals surface area contributed by atoms with Gasteiger partial charge >= 0.3 is 16.1 Å². The first-order chi connectivity index (χ1) is 21.4. The van der Waals surface area contributed by atoms with Crippen LogP contribution >= 0.6 is 28.3 Å². The van der Waals surface area contributed by atoms with Gasteiger partial charge in [0.25, 0.3) is 0 Å². The number of aliphatic hydroxyl groups excluding tert-OH is 3. The second kappa shape index (κ2) is 12.3. The Balaban J connectivity index is 1.22. The average Bonchev–Trinajstić information content (AvgIpc) is 3.73. The van der Waals surface area contributed by atoms with Crippen molar-refractivity contribution in [3.8, 4) is 0 Å². The molecule has 0 amide bonds. The number of nitrogens with zero attached hydrogens (tertiary/aromatic N) is 7. The molecule has 4 aromatic heterocycles. The Kier molecular flexibility index (Phi) is 8.73. The SMILES string of the molecule is Nc1nc2c(ncn2[C@@H]2O[C@H](CO)[C@@H](O)[C@H]2OP(=O)(O)OC[C@H]2O[C@@H](n3cnc4c(N)ncnc43)[C@H](O)[C@@H]2O[PH](=O)O)c(=S)[nH]1. The van der Waals surface area contributed by atoms with Gasteiger partial charge in [-0.1, -0.05) is 12.2 Å². The van der Waals surface area contributed by atoms with Crippen LogP contribution in [-0.4, -0.2) is 114 Å². The average molecular weight is 693 g/mol. The molecule has 244 valence electrons. The van der Waals surface area contributed by atoms with Crippen molar-refractivity contribution in [1.29, 1.82) is 0 Å². The van der Waals surface area contributed by atoms with Gasteiger partial charge in [-0.15, -0.1) is 0 Å². The minimum absolute atomic E-state index is 0.0448. The van der Waals surface area contributed by atoms with Crippen molar-refractivity contribution < 1.29 is 57.3 Å². The van der Waals surface area contributed by atoms with Crippen LogP contribution in [0.15, 0.2) is 19.0 Å². The number of anilines is 2. The van der Waals surface area contributed by atoms with E-state index in [2.05, 4.69) is 29.9 Å². The van der Waals surface area contributed by atoms with Crippen molar-refractivity contribution >= 4 is 62.4 Å². The van der Waals surface area contributed by atoms with Crippen molar-refractivity contribution in [3.63, 3.8) is 0 Å². The fourth-order valence-electron chi connectivity index (χ4n) is 5.09. The summed E-state index contributed by atoms with van der Waals surface area (Å²) in [6, 6.07) is 0. The van der Waals surface area contributed by atoms with Crippen LogP contribution in [0.4, 0.5) is 11.8 Å². The number of aliphatic hydroxyl groups is 3. The molecule has 2 aliphatic heterocycles. The van der Waals surface area contributed by atoms with E-state index in [1.54, 1.807) is 0 Å². The van der Waals surface area contributed by atoms with Crippen molar-refractivity contribution in [3.05, 3.63) is 23.6 Å². The van der Waals surface area contributed by atoms with Crippen LogP contribution in [0.1, 0.15) is 12.5 Å². The van der Waals surface area contributed by atoms with E-state index in [1.165, 1.54) is 21.8 Å². The van der Waals surface area contributed by atoms with E-state index in [0.717, 1.165) is 6.33 Å². The monoisotopic (exact) mass is 692 g/mol. The molecule has 4 aromatic rings. The first kappa shape index (κ1) is 31.9. The van der Waals surface area contributed by atoms with E-state index >= 15 is 0 Å². The molecule has 45 heavy (non-hydrogen) atoms. The topological polar surface area (TPSA) is 324 Å². The molecule has 0 spiro atoms. The Hall–Kier alpha value is -3.02. The number of hydrogen-bond donors (Lipinski definition) is 8. The molecule has 0 radical (unpaired) electrons. The molecule has 6 rings (SSSR count). The molecule has 22 nitrogen and oxygen atoms in total. The van der Waals surface area contributed by atoms with Gasteiger partial charge in [-0.3, -0.25) is 22.7 Å². The molecule has 10 atom stereocenters. The number of phosphoric acid groups is 1. The minimum Gasteiger partial charge on any atom is -0.394 e. The van der Waals surface area contributed by atoms with E-state index in [9.17, 15) is 34.2 Å². The Morgan fingerprint density at radius 3 is 2.42 bits per heavy atom. The maximum atomic E-state index is 13.2. The number of phosphoric ester groups is 1. The van der Waals surface area contributed by atoms with E-state index in [4.69, 9.17) is 46.7 Å². The predicted molar refractivity (Wildman–Crippen MR) is 151 cm³/mol. The molecule has 2 saturated heterocycles. The van der Waals surface area contributed by atoms with Gasteiger partial charge in [0.05, 0.1) is 25.9 Å². The molecule has 2 unspecified atom stereocenters. The number of imidazole rings is 2. The molecular formula is C20H26N10O12P2S. The number of aromatic amines is 1. The van der Waals surface area contributed by atoms with E-state index in [-0.39, 0.29) is 38.7 Å². The minimum atomic E-state index is -5.13. The second-order valence-electron chi connectivity index (χ2n) is 9.83. The lowest BCUT2D eigenvalue weighted by Crippen LogP contribution is -2.36. The van der Waals surface area contributed by atoms with Gasteiger partial charge in [0.2, 0.25) is 5.95 Å². The van der Waals surface area contributed by atoms with Crippen LogP contribution in [0.25, 0.3) is 22.3 Å². The van der Waals surface area contributed by atoms with E-state index in [0.29, 0.717) is 0 Å². The zero-order valence-electron chi connectivity index (χ0n) is 22.5. The summed E-state index contributed by atoms with van der Waals surface area (Å²) in [5.74, 6) is -0.0256. The van der Waals surface area contributed by atoms with Gasteiger partial charge in [-0.05, 0) is 0 Å². The van der Waals surface area contributed by atoms with Crippen LogP contribution < -0.4 is 11.5 Å². The van der Waals surface area contributed by atoms with Gasteiger partial charge < -0.3 is 55.6 Å². The smallest absolute Gasteiger partial charge is 0.394 e. The zero-order chi connectivity index (χ0) is 32.2. The van der Waals surface area contributed by atoms with Crippen molar-refractivity contribution in [2.75, 3.05) is 24.7 Å². The lowest BCUT2D eigenvalue weighted by Gasteiger charge is -2.25. The predicted octanol–water partition coefficient (Wildman–Crippen LogP) is -1.73. The van der Waals surface area contributed by atoms with E-state index < -0.39 is 78.4 Å². The van der Waals surface area contributed by atoms with Crippen LogP contribution in [-0.2, 0) is 32.2 Å². The standard InChI is InChI=1S/C20H26N10O12P2S/c21-14-8-15(24-3-23-14)29(4-25-8)18-11(33)12(41-43(34)35)7(40-18)2-38-44(36,37)42-13-10(32)6(1-31)39-19(13)30-5-26-9-16(30)27-20(22)28-17(9)45/h3-7,10-13,18-19,31-33,43H,1-2H2,(H,34,35)(H,36,37)(H2,21,23,24)(H3,22,27,28,45)/t6-,7-,10-,11-,12-,13-,18-,19-/m1/s1. The summed E-state index contributed by atoms with van der Waals surface area (Å²) in [4.78, 5) is 43.0. The van der Waals surface area contributed by atoms with Gasteiger partial charge in [0.15, 0.2) is 29.6 Å². The van der Waals surface area contributed by atoms with Crippen LogP contribution in [0.2, 0.25) is 0 Å². The molecule has 0 saturated carbocycles. The van der Waals surface area contributed by atoms with Gasteiger partial charge in [0, 0.05) is 0 Å². The number of hydrogen-bond acceptors (Lipinski definition) is 18. The molecule has 2 aliphatic rings. The number of nitrogens with two attached hydrogens (primary N) is 2. The first-order valence-electron chi connectivity index (χ1n) is 12.9. The fraction of sp³-hybridized carbons (Fsp3) is 0.500. The van der Waals surface area contributed by atoms with Crippen molar-refractivity contribution in [1.82, 2.24) is 39.0 Å². The first-order valence-corrected chi connectivity index (χ1v) is 16.0. The maximum absolute atomic E-state index is 13.2. The number of fused-ring (bicyclic) bond motifs is 2. The molecule has 25 heteroatoms. The summed E-state index contributed by atoms with van der Waals surface area (Å²) < 4.78 is 54.3. The molecule has 0 aliphatic carbocycles. The molecule has 2 fully saturated rings. The van der Waals surface area contributed by atoms with Crippen LogP contribution in [0.3, 0.4) is 0 Å². The summed E-state index contributed by atoms with van der Waals surface area (Å²) in [6.45, 7) is -1.51. The molecule has 6 heterocycles. The van der Waals surface area contributed by atoms with Crippen molar-refractivity contribution in [2.45, 2.75) is 49.1 Å². The molecule has 10 N–H and O–H groups in total. The lowest BCUT2D eigenvalue weighted by atomic mass is 10.1. The third-order valence-corrected chi connectivity index (χ3v) is 8.84. The second-order valence-corrected chi connectivity index (χ2v) is 12.4. The highest BCUT2D eigenvalue weighted by molar-refractivity contribution is 7.71. The Labute approximate surface area is 256 Å².